The largest absolute Gasteiger partial charge is 0.443 e. The van der Waals surface area contributed by atoms with E-state index in [1.807, 2.05) is 65.0 Å². The summed E-state index contributed by atoms with van der Waals surface area (Å²) in [6.07, 6.45) is 1.09. The number of amides is 1. The van der Waals surface area contributed by atoms with E-state index in [0.717, 1.165) is 26.3 Å². The molecule has 7 nitrogen and oxygen atoms in total. The number of carbonyl (C=O) groups is 1. The Kier molecular flexibility index (Phi) is 6.19. The molecule has 0 bridgehead atoms. The monoisotopic (exact) mass is 491 g/mol. The van der Waals surface area contributed by atoms with Gasteiger partial charge in [-0.3, -0.25) is 4.90 Å². The Morgan fingerprint density at radius 2 is 1.60 bits per heavy atom. The van der Waals surface area contributed by atoms with Crippen molar-refractivity contribution >= 4 is 32.7 Å². The highest BCUT2D eigenvalue weighted by Gasteiger charge is 2.22. The zero-order valence-corrected chi connectivity index (χ0v) is 21.6. The Morgan fingerprint density at radius 1 is 0.914 bits per heavy atom. The predicted molar refractivity (Wildman–Crippen MR) is 138 cm³/mol. The number of benzene rings is 3. The van der Waals surface area contributed by atoms with Crippen LogP contribution < -0.4 is 4.90 Å². The van der Waals surface area contributed by atoms with Crippen LogP contribution in [0.1, 0.15) is 31.9 Å². The molecule has 0 aliphatic heterocycles. The Labute approximate surface area is 206 Å². The summed E-state index contributed by atoms with van der Waals surface area (Å²) in [6.45, 7) is 9.32. The molecule has 0 N–H and O–H groups in total. The van der Waals surface area contributed by atoms with Crippen molar-refractivity contribution in [2.24, 2.45) is 0 Å². The van der Waals surface area contributed by atoms with E-state index in [2.05, 4.69) is 5.10 Å². The van der Waals surface area contributed by atoms with Crippen LogP contribution in [0.25, 0.3) is 22.0 Å². The first-order valence-corrected chi connectivity index (χ1v) is 12.7. The molecule has 0 aliphatic rings. The summed E-state index contributed by atoms with van der Waals surface area (Å²) < 4.78 is 33.2. The molecule has 0 spiro atoms. The van der Waals surface area contributed by atoms with Crippen LogP contribution >= 0.6 is 0 Å². The number of carbonyl (C=O) groups excluding carboxylic acids is 1. The van der Waals surface area contributed by atoms with Gasteiger partial charge in [-0.15, -0.1) is 0 Å². The summed E-state index contributed by atoms with van der Waals surface area (Å²) in [5, 5.41) is 4.89. The normalized spacial score (nSPS) is 12.1. The molecule has 0 fully saturated rings. The molecule has 4 aromatic rings. The lowest BCUT2D eigenvalue weighted by Crippen LogP contribution is -2.34. The number of rotatable bonds is 4. The maximum Gasteiger partial charge on any atom is 0.414 e. The van der Waals surface area contributed by atoms with Crippen molar-refractivity contribution in [1.82, 2.24) is 9.19 Å². The van der Waals surface area contributed by atoms with Gasteiger partial charge in [0.25, 0.3) is 10.0 Å². The van der Waals surface area contributed by atoms with Crippen LogP contribution in [0, 0.1) is 13.8 Å². The molecule has 1 heterocycles. The topological polar surface area (TPSA) is 81.5 Å². The summed E-state index contributed by atoms with van der Waals surface area (Å²) >= 11 is 0. The van der Waals surface area contributed by atoms with Crippen LogP contribution in [0.4, 0.5) is 10.5 Å². The zero-order valence-electron chi connectivity index (χ0n) is 20.7. The fourth-order valence-electron chi connectivity index (χ4n) is 3.74. The van der Waals surface area contributed by atoms with Crippen molar-refractivity contribution in [3.63, 3.8) is 0 Å². The van der Waals surface area contributed by atoms with Crippen molar-refractivity contribution in [2.75, 3.05) is 11.9 Å². The average Bonchev–Trinajstić information content (AvgIpc) is 3.21. The van der Waals surface area contributed by atoms with Gasteiger partial charge in [0.05, 0.1) is 16.6 Å². The van der Waals surface area contributed by atoms with Crippen molar-refractivity contribution in [3.8, 4) is 11.1 Å². The minimum absolute atomic E-state index is 0.176. The van der Waals surface area contributed by atoms with Crippen LogP contribution in [0.5, 0.6) is 0 Å². The predicted octanol–water partition coefficient (Wildman–Crippen LogP) is 5.93. The molecule has 8 heteroatoms. The van der Waals surface area contributed by atoms with E-state index in [-0.39, 0.29) is 4.90 Å². The van der Waals surface area contributed by atoms with E-state index in [4.69, 9.17) is 4.74 Å². The second-order valence-electron chi connectivity index (χ2n) is 9.68. The second-order valence-corrected chi connectivity index (χ2v) is 11.4. The van der Waals surface area contributed by atoms with E-state index in [1.165, 1.54) is 4.90 Å². The SMILES string of the molecule is Cc1ccc(S(=O)(=O)n2ncc3ccc(-c4cc(C)cc(N(C)C(=O)OC(C)(C)C)c4)cc32)cc1. The number of nitrogens with zero attached hydrogens (tertiary/aromatic N) is 3. The van der Waals surface area contributed by atoms with Gasteiger partial charge < -0.3 is 4.74 Å². The molecule has 1 amide bonds. The van der Waals surface area contributed by atoms with Gasteiger partial charge >= 0.3 is 6.09 Å². The van der Waals surface area contributed by atoms with Crippen molar-refractivity contribution in [2.45, 2.75) is 45.1 Å². The lowest BCUT2D eigenvalue weighted by Gasteiger charge is -2.25. The number of hydrogen-bond acceptors (Lipinski definition) is 5. The van der Waals surface area contributed by atoms with Crippen molar-refractivity contribution < 1.29 is 17.9 Å². The lowest BCUT2D eigenvalue weighted by molar-refractivity contribution is 0.0589. The van der Waals surface area contributed by atoms with Gasteiger partial charge in [0.1, 0.15) is 5.60 Å². The zero-order chi connectivity index (χ0) is 25.5. The summed E-state index contributed by atoms with van der Waals surface area (Å²) in [5.41, 5.74) is 4.13. The van der Waals surface area contributed by atoms with E-state index in [9.17, 15) is 13.2 Å². The fraction of sp³-hybridized carbons (Fsp3) is 0.259. The van der Waals surface area contributed by atoms with Crippen LogP contribution in [0.3, 0.4) is 0 Å². The Hall–Kier alpha value is -3.65. The molecular formula is C27H29N3O4S. The molecule has 0 unspecified atom stereocenters. The number of aryl methyl sites for hydroxylation is 2. The van der Waals surface area contributed by atoms with E-state index >= 15 is 0 Å². The standard InChI is InChI=1S/C27H29N3O4S/c1-18-7-11-24(12-8-18)35(32,33)30-25-16-20(9-10-21(25)17-28-30)22-13-19(2)14-23(15-22)29(6)26(31)34-27(3,4)5/h7-17H,1-6H3. The van der Waals surface area contributed by atoms with Crippen molar-refractivity contribution in [3.05, 3.63) is 78.0 Å². The summed E-state index contributed by atoms with van der Waals surface area (Å²) in [5.74, 6) is 0. The minimum Gasteiger partial charge on any atom is -0.443 e. The highest BCUT2D eigenvalue weighted by molar-refractivity contribution is 7.90. The molecule has 3 aromatic carbocycles. The molecule has 4 rings (SSSR count). The molecule has 35 heavy (non-hydrogen) atoms. The van der Waals surface area contributed by atoms with Crippen LogP contribution in [0.2, 0.25) is 0 Å². The molecule has 1 aromatic heterocycles. The van der Waals surface area contributed by atoms with E-state index in [1.54, 1.807) is 43.6 Å². The quantitative estimate of drug-likeness (QED) is 0.353. The summed E-state index contributed by atoms with van der Waals surface area (Å²) in [7, 11) is -2.19. The summed E-state index contributed by atoms with van der Waals surface area (Å²) in [4.78, 5) is 14.2. The van der Waals surface area contributed by atoms with Gasteiger partial charge in [-0.25, -0.2) is 4.79 Å². The summed E-state index contributed by atoms with van der Waals surface area (Å²) in [6, 6.07) is 18.0. The Morgan fingerprint density at radius 3 is 2.26 bits per heavy atom. The van der Waals surface area contributed by atoms with Gasteiger partial charge in [0, 0.05) is 18.1 Å². The number of aromatic nitrogens is 2. The van der Waals surface area contributed by atoms with Gasteiger partial charge in [0.15, 0.2) is 0 Å². The lowest BCUT2D eigenvalue weighted by atomic mass is 10.0. The molecule has 182 valence electrons. The van der Waals surface area contributed by atoms with Crippen LogP contribution in [-0.4, -0.2) is 36.3 Å². The third kappa shape index (κ3) is 5.07. The van der Waals surface area contributed by atoms with Crippen molar-refractivity contribution in [1.29, 1.82) is 0 Å². The average molecular weight is 492 g/mol. The molecule has 0 aliphatic carbocycles. The maximum absolute atomic E-state index is 13.3. The number of hydrogen-bond donors (Lipinski definition) is 0. The highest BCUT2D eigenvalue weighted by atomic mass is 32.2. The molecule has 0 atom stereocenters. The first-order valence-electron chi connectivity index (χ1n) is 11.2. The number of ether oxygens (including phenoxy) is 1. The molecular weight excluding hydrogens is 462 g/mol. The fourth-order valence-corrected chi connectivity index (χ4v) is 5.00. The molecule has 0 radical (unpaired) electrons. The third-order valence-corrected chi connectivity index (χ3v) is 7.15. The minimum atomic E-state index is -3.86. The van der Waals surface area contributed by atoms with E-state index in [0.29, 0.717) is 16.6 Å². The smallest absolute Gasteiger partial charge is 0.414 e. The van der Waals surface area contributed by atoms with Gasteiger partial charge in [-0.2, -0.15) is 17.6 Å². The van der Waals surface area contributed by atoms with Gasteiger partial charge in [0.2, 0.25) is 0 Å². The van der Waals surface area contributed by atoms with Gasteiger partial charge in [-0.05, 0) is 81.6 Å². The third-order valence-electron chi connectivity index (χ3n) is 5.53. The first kappa shape index (κ1) is 24.5. The molecule has 0 saturated heterocycles. The van der Waals surface area contributed by atoms with Crippen LogP contribution in [-0.2, 0) is 14.8 Å². The number of anilines is 1. The Bertz CT molecular complexity index is 1510. The highest BCUT2D eigenvalue weighted by Crippen LogP contribution is 2.30. The Balaban J connectivity index is 1.76. The van der Waals surface area contributed by atoms with Crippen LogP contribution in [0.15, 0.2) is 71.8 Å². The van der Waals surface area contributed by atoms with Gasteiger partial charge in [-0.1, -0.05) is 35.9 Å². The number of fused-ring (bicyclic) bond motifs is 1. The van der Waals surface area contributed by atoms with E-state index < -0.39 is 21.7 Å². The second kappa shape index (κ2) is 8.85. The maximum atomic E-state index is 13.3. The first-order chi connectivity index (χ1) is 16.3. The molecule has 0 saturated carbocycles.